The highest BCUT2D eigenvalue weighted by atomic mass is 16.1. The Morgan fingerprint density at radius 1 is 1.15 bits per heavy atom. The molecule has 0 aliphatic heterocycles. The van der Waals surface area contributed by atoms with E-state index < -0.39 is 0 Å². The minimum absolute atomic E-state index is 0.0559. The van der Waals surface area contributed by atoms with Gasteiger partial charge in [0.2, 0.25) is 0 Å². The second-order valence-corrected chi connectivity index (χ2v) is 4.52. The monoisotopic (exact) mass is 269 g/mol. The van der Waals surface area contributed by atoms with Gasteiger partial charge in [0.05, 0.1) is 0 Å². The first-order valence-corrected chi connectivity index (χ1v) is 6.71. The lowest BCUT2D eigenvalue weighted by molar-refractivity contribution is 0.0963. The molecule has 0 radical (unpaired) electrons. The predicted molar refractivity (Wildman–Crippen MR) is 79.5 cm³/mol. The van der Waals surface area contributed by atoms with Crippen molar-refractivity contribution in [2.45, 2.75) is 13.0 Å². The average Bonchev–Trinajstić information content (AvgIpc) is 2.52. The highest BCUT2D eigenvalue weighted by molar-refractivity contribution is 5.93. The van der Waals surface area contributed by atoms with Crippen molar-refractivity contribution < 1.29 is 4.79 Å². The van der Waals surface area contributed by atoms with Crippen LogP contribution in [0.2, 0.25) is 0 Å². The van der Waals surface area contributed by atoms with Gasteiger partial charge in [0.25, 0.3) is 5.91 Å². The third-order valence-electron chi connectivity index (χ3n) is 3.06. The maximum atomic E-state index is 11.4. The summed E-state index contributed by atoms with van der Waals surface area (Å²) in [5.74, 6) is -0.0559. The maximum Gasteiger partial charge on any atom is 0.251 e. The van der Waals surface area contributed by atoms with E-state index in [1.807, 2.05) is 48.7 Å². The van der Waals surface area contributed by atoms with Crippen LogP contribution in [0.1, 0.15) is 21.6 Å². The molecule has 0 unspecified atom stereocenters. The Morgan fingerprint density at radius 2 is 1.95 bits per heavy atom. The van der Waals surface area contributed by atoms with Crippen LogP contribution in [-0.4, -0.2) is 24.5 Å². The van der Waals surface area contributed by atoms with Crippen LogP contribution in [0, 0.1) is 0 Å². The molecule has 0 atom stereocenters. The number of hydrogen-bond acceptors (Lipinski definition) is 3. The average molecular weight is 269 g/mol. The number of amides is 1. The molecule has 2 aromatic rings. The molecule has 0 saturated carbocycles. The molecule has 0 aliphatic carbocycles. The van der Waals surface area contributed by atoms with Gasteiger partial charge >= 0.3 is 0 Å². The van der Waals surface area contributed by atoms with E-state index in [0.717, 1.165) is 25.2 Å². The quantitative estimate of drug-likeness (QED) is 0.786. The number of carbonyl (C=O) groups is 1. The Labute approximate surface area is 119 Å². The van der Waals surface area contributed by atoms with E-state index in [0.29, 0.717) is 5.56 Å². The molecule has 1 aromatic heterocycles. The molecule has 20 heavy (non-hydrogen) atoms. The Morgan fingerprint density at radius 3 is 2.60 bits per heavy atom. The molecule has 0 fully saturated rings. The van der Waals surface area contributed by atoms with Gasteiger partial charge in [-0.2, -0.15) is 0 Å². The van der Waals surface area contributed by atoms with E-state index >= 15 is 0 Å². The van der Waals surface area contributed by atoms with Crippen molar-refractivity contribution in [2.24, 2.45) is 0 Å². The molecule has 1 aromatic carbocycles. The molecule has 0 spiro atoms. The lowest BCUT2D eigenvalue weighted by Crippen LogP contribution is -2.19. The summed E-state index contributed by atoms with van der Waals surface area (Å²) in [6.07, 6.45) is 2.73. The smallest absolute Gasteiger partial charge is 0.251 e. The molecule has 0 bridgehead atoms. The van der Waals surface area contributed by atoms with Crippen LogP contribution in [0.15, 0.2) is 48.7 Å². The van der Waals surface area contributed by atoms with Gasteiger partial charge < -0.3 is 10.6 Å². The highest BCUT2D eigenvalue weighted by Crippen LogP contribution is 2.04. The Balaban J connectivity index is 1.75. The van der Waals surface area contributed by atoms with Crippen molar-refractivity contribution in [1.82, 2.24) is 15.6 Å². The molecule has 4 heteroatoms. The van der Waals surface area contributed by atoms with Crippen LogP contribution in [-0.2, 0) is 13.0 Å². The molecular weight excluding hydrogens is 250 g/mol. The summed E-state index contributed by atoms with van der Waals surface area (Å²) >= 11 is 0. The lowest BCUT2D eigenvalue weighted by atomic mass is 10.1. The van der Waals surface area contributed by atoms with Gasteiger partial charge in [0, 0.05) is 44.0 Å². The zero-order valence-corrected chi connectivity index (χ0v) is 11.6. The van der Waals surface area contributed by atoms with Crippen LogP contribution in [0.4, 0.5) is 0 Å². The molecular formula is C16H19N3O. The summed E-state index contributed by atoms with van der Waals surface area (Å²) < 4.78 is 0. The van der Waals surface area contributed by atoms with Crippen molar-refractivity contribution in [3.8, 4) is 0 Å². The largest absolute Gasteiger partial charge is 0.355 e. The highest BCUT2D eigenvalue weighted by Gasteiger charge is 2.01. The van der Waals surface area contributed by atoms with Crippen molar-refractivity contribution >= 4 is 5.91 Å². The summed E-state index contributed by atoms with van der Waals surface area (Å²) in [6.45, 7) is 1.68. The van der Waals surface area contributed by atoms with Gasteiger partial charge in [0.1, 0.15) is 0 Å². The Hall–Kier alpha value is -2.20. The van der Waals surface area contributed by atoms with Gasteiger partial charge in [0.15, 0.2) is 0 Å². The van der Waals surface area contributed by atoms with Crippen molar-refractivity contribution in [1.29, 1.82) is 0 Å². The number of nitrogens with one attached hydrogen (secondary N) is 2. The van der Waals surface area contributed by atoms with Crippen molar-refractivity contribution in [2.75, 3.05) is 13.6 Å². The SMILES string of the molecule is CNC(=O)c1ccc(CNCCc2ccccn2)cc1. The van der Waals surface area contributed by atoms with E-state index in [1.54, 1.807) is 7.05 Å². The second-order valence-electron chi connectivity index (χ2n) is 4.52. The third-order valence-corrected chi connectivity index (χ3v) is 3.06. The van der Waals surface area contributed by atoms with Crippen molar-refractivity contribution in [3.05, 3.63) is 65.5 Å². The molecule has 4 nitrogen and oxygen atoms in total. The Kier molecular flexibility index (Phi) is 5.26. The topological polar surface area (TPSA) is 54.0 Å². The van der Waals surface area contributed by atoms with E-state index in [-0.39, 0.29) is 5.91 Å². The first kappa shape index (κ1) is 14.2. The molecule has 0 saturated heterocycles. The molecule has 1 heterocycles. The summed E-state index contributed by atoms with van der Waals surface area (Å²) in [5.41, 5.74) is 2.94. The van der Waals surface area contributed by atoms with Gasteiger partial charge in [-0.3, -0.25) is 9.78 Å². The molecule has 2 rings (SSSR count). The van der Waals surface area contributed by atoms with E-state index in [9.17, 15) is 4.79 Å². The molecule has 1 amide bonds. The number of pyridine rings is 1. The number of carbonyl (C=O) groups excluding carboxylic acids is 1. The summed E-state index contributed by atoms with van der Waals surface area (Å²) in [5, 5.41) is 5.98. The van der Waals surface area contributed by atoms with Crippen molar-refractivity contribution in [3.63, 3.8) is 0 Å². The maximum absolute atomic E-state index is 11.4. The fourth-order valence-electron chi connectivity index (χ4n) is 1.91. The van der Waals surface area contributed by atoms with Crippen LogP contribution in [0.5, 0.6) is 0 Å². The lowest BCUT2D eigenvalue weighted by Gasteiger charge is -2.06. The minimum Gasteiger partial charge on any atom is -0.355 e. The van der Waals surface area contributed by atoms with Crippen LogP contribution in [0.25, 0.3) is 0 Å². The first-order valence-electron chi connectivity index (χ1n) is 6.71. The minimum atomic E-state index is -0.0559. The van der Waals surface area contributed by atoms with Crippen LogP contribution in [0.3, 0.4) is 0 Å². The first-order chi connectivity index (χ1) is 9.79. The molecule has 2 N–H and O–H groups in total. The third kappa shape index (κ3) is 4.17. The number of aromatic nitrogens is 1. The zero-order chi connectivity index (χ0) is 14.2. The van der Waals surface area contributed by atoms with E-state index in [1.165, 1.54) is 5.56 Å². The number of rotatable bonds is 6. The van der Waals surface area contributed by atoms with E-state index in [2.05, 4.69) is 15.6 Å². The predicted octanol–water partition coefficient (Wildman–Crippen LogP) is 1.77. The van der Waals surface area contributed by atoms with Crippen LogP contribution < -0.4 is 10.6 Å². The fraction of sp³-hybridized carbons (Fsp3) is 0.250. The number of nitrogens with zero attached hydrogens (tertiary/aromatic N) is 1. The molecule has 104 valence electrons. The standard InChI is InChI=1S/C16H19N3O/c1-17-16(20)14-7-5-13(6-8-14)12-18-11-9-15-4-2-3-10-19-15/h2-8,10,18H,9,11-12H2,1H3,(H,17,20). The molecule has 0 aliphatic rings. The van der Waals surface area contributed by atoms with Gasteiger partial charge in [-0.1, -0.05) is 18.2 Å². The van der Waals surface area contributed by atoms with Gasteiger partial charge in [-0.15, -0.1) is 0 Å². The zero-order valence-electron chi connectivity index (χ0n) is 11.6. The number of hydrogen-bond donors (Lipinski definition) is 2. The summed E-state index contributed by atoms with van der Waals surface area (Å²) in [4.78, 5) is 15.7. The van der Waals surface area contributed by atoms with E-state index in [4.69, 9.17) is 0 Å². The van der Waals surface area contributed by atoms with Crippen LogP contribution >= 0.6 is 0 Å². The Bertz CT molecular complexity index is 537. The normalized spacial score (nSPS) is 10.2. The summed E-state index contributed by atoms with van der Waals surface area (Å²) in [6, 6.07) is 13.6. The van der Waals surface area contributed by atoms with Gasteiger partial charge in [-0.05, 0) is 29.8 Å². The second kappa shape index (κ2) is 7.40. The fourth-order valence-corrected chi connectivity index (χ4v) is 1.91. The summed E-state index contributed by atoms with van der Waals surface area (Å²) in [7, 11) is 1.63. The number of benzene rings is 1. The van der Waals surface area contributed by atoms with Gasteiger partial charge in [-0.25, -0.2) is 0 Å².